The minimum Gasteiger partial charge on any atom is -0.383 e. The topological polar surface area (TPSA) is 51.8 Å². The van der Waals surface area contributed by atoms with Gasteiger partial charge in [0.25, 0.3) is 0 Å². The van der Waals surface area contributed by atoms with Crippen LogP contribution in [0.1, 0.15) is 0 Å². The summed E-state index contributed by atoms with van der Waals surface area (Å²) in [4.78, 5) is 9.71. The predicted molar refractivity (Wildman–Crippen MR) is 82.6 cm³/mol. The number of rotatable bonds is 1. The highest BCUT2D eigenvalue weighted by Crippen LogP contribution is 2.35. The van der Waals surface area contributed by atoms with Crippen LogP contribution in [0.5, 0.6) is 0 Å². The number of halogens is 1. The summed E-state index contributed by atoms with van der Waals surface area (Å²) in [5.41, 5.74) is 6.48. The molecule has 0 radical (unpaired) electrons. The molecule has 20 heavy (non-hydrogen) atoms. The molecule has 0 saturated heterocycles. The fourth-order valence-corrected chi connectivity index (χ4v) is 4.16. The molecule has 1 aromatic carbocycles. The number of aromatic nitrogens is 2. The molecule has 2 N–H and O–H groups in total. The zero-order valence-corrected chi connectivity index (χ0v) is 11.8. The zero-order chi connectivity index (χ0) is 13.7. The Labute approximate surface area is 121 Å². The van der Waals surface area contributed by atoms with Crippen LogP contribution in [0.3, 0.4) is 0 Å². The molecule has 3 nitrogen and oxygen atoms in total. The highest BCUT2D eigenvalue weighted by Gasteiger charge is 2.11. The van der Waals surface area contributed by atoms with E-state index in [4.69, 9.17) is 5.73 Å². The van der Waals surface area contributed by atoms with E-state index in [9.17, 15) is 4.39 Å². The molecule has 3 heterocycles. The molecule has 0 spiro atoms. The molecular weight excluding hydrogens is 293 g/mol. The lowest BCUT2D eigenvalue weighted by atomic mass is 10.2. The third-order valence-electron chi connectivity index (χ3n) is 3.05. The van der Waals surface area contributed by atoms with Crippen LogP contribution in [-0.4, -0.2) is 9.97 Å². The maximum atomic E-state index is 13.3. The van der Waals surface area contributed by atoms with Gasteiger partial charge >= 0.3 is 0 Å². The monoisotopic (exact) mass is 301 g/mol. The van der Waals surface area contributed by atoms with Crippen molar-refractivity contribution in [3.05, 3.63) is 41.5 Å². The number of nitrogens with two attached hydrogens (primary N) is 1. The highest BCUT2D eigenvalue weighted by atomic mass is 32.1. The molecule has 0 aliphatic rings. The average molecular weight is 301 g/mol. The summed E-state index contributed by atoms with van der Waals surface area (Å²) in [6.07, 6.45) is 0. The van der Waals surface area contributed by atoms with Crippen molar-refractivity contribution >= 4 is 48.8 Å². The second-order valence-corrected chi connectivity index (χ2v) is 6.39. The van der Waals surface area contributed by atoms with Crippen LogP contribution in [-0.2, 0) is 0 Å². The van der Waals surface area contributed by atoms with Crippen molar-refractivity contribution in [2.45, 2.75) is 0 Å². The van der Waals surface area contributed by atoms with Crippen molar-refractivity contribution < 1.29 is 4.39 Å². The first-order valence-corrected chi connectivity index (χ1v) is 7.60. The largest absolute Gasteiger partial charge is 0.383 e. The average Bonchev–Trinajstić information content (AvgIpc) is 2.98. The Morgan fingerprint density at radius 2 is 1.95 bits per heavy atom. The van der Waals surface area contributed by atoms with E-state index >= 15 is 0 Å². The van der Waals surface area contributed by atoms with E-state index in [1.807, 2.05) is 6.07 Å². The molecule has 0 atom stereocenters. The number of nitrogen functional groups attached to an aromatic ring is 1. The van der Waals surface area contributed by atoms with Gasteiger partial charge in [0.05, 0.1) is 10.4 Å². The van der Waals surface area contributed by atoms with Gasteiger partial charge in [0.15, 0.2) is 5.82 Å². The number of fused-ring (bicyclic) bond motifs is 2. The molecule has 0 aliphatic heterocycles. The molecule has 3 aromatic heterocycles. The van der Waals surface area contributed by atoms with Gasteiger partial charge in [-0.15, -0.1) is 22.7 Å². The fourth-order valence-electron chi connectivity index (χ4n) is 2.11. The summed E-state index contributed by atoms with van der Waals surface area (Å²) in [5.74, 6) is 0.601. The zero-order valence-electron chi connectivity index (χ0n) is 10.1. The fraction of sp³-hybridized carbons (Fsp3) is 0. The second kappa shape index (κ2) is 4.22. The summed E-state index contributed by atoms with van der Waals surface area (Å²) < 4.78 is 15.7. The van der Waals surface area contributed by atoms with E-state index in [2.05, 4.69) is 21.4 Å². The van der Waals surface area contributed by atoms with E-state index in [1.54, 1.807) is 28.7 Å². The summed E-state index contributed by atoms with van der Waals surface area (Å²) >= 11 is 3.29. The van der Waals surface area contributed by atoms with Gasteiger partial charge < -0.3 is 5.73 Å². The van der Waals surface area contributed by atoms with Crippen molar-refractivity contribution in [3.63, 3.8) is 0 Å². The van der Waals surface area contributed by atoms with Crippen LogP contribution in [0.4, 0.5) is 10.2 Å². The van der Waals surface area contributed by atoms with Crippen molar-refractivity contribution in [2.24, 2.45) is 0 Å². The normalized spacial score (nSPS) is 11.4. The minimum absolute atomic E-state index is 0.325. The van der Waals surface area contributed by atoms with Crippen molar-refractivity contribution in [3.8, 4) is 10.7 Å². The molecule has 6 heteroatoms. The van der Waals surface area contributed by atoms with Crippen LogP contribution in [0.15, 0.2) is 35.7 Å². The van der Waals surface area contributed by atoms with E-state index < -0.39 is 0 Å². The lowest BCUT2D eigenvalue weighted by Crippen LogP contribution is -1.97. The van der Waals surface area contributed by atoms with E-state index in [0.29, 0.717) is 22.5 Å². The Bertz CT molecular complexity index is 914. The molecule has 0 saturated carbocycles. The van der Waals surface area contributed by atoms with Crippen LogP contribution in [0.25, 0.3) is 31.0 Å². The van der Waals surface area contributed by atoms with Crippen LogP contribution in [0.2, 0.25) is 0 Å². The maximum absolute atomic E-state index is 13.3. The van der Waals surface area contributed by atoms with Gasteiger partial charge in [-0.3, -0.25) is 0 Å². The van der Waals surface area contributed by atoms with E-state index in [0.717, 1.165) is 4.88 Å². The summed E-state index contributed by atoms with van der Waals surface area (Å²) in [6, 6.07) is 8.47. The Hall–Kier alpha value is -2.05. The maximum Gasteiger partial charge on any atom is 0.172 e. The summed E-state index contributed by atoms with van der Waals surface area (Å²) in [7, 11) is 0. The molecule has 0 amide bonds. The molecule has 0 bridgehead atoms. The molecule has 4 rings (SSSR count). The molecule has 4 aromatic rings. The number of thiophene rings is 2. The number of benzene rings is 1. The van der Waals surface area contributed by atoms with Gasteiger partial charge in [-0.2, -0.15) is 0 Å². The van der Waals surface area contributed by atoms with Crippen LogP contribution < -0.4 is 5.73 Å². The third kappa shape index (κ3) is 1.76. The Kier molecular flexibility index (Phi) is 2.48. The Balaban J connectivity index is 1.97. The van der Waals surface area contributed by atoms with Gasteiger partial charge in [-0.05, 0) is 29.6 Å². The number of anilines is 1. The first-order chi connectivity index (χ1) is 9.70. The van der Waals surface area contributed by atoms with Gasteiger partial charge in [0.2, 0.25) is 0 Å². The van der Waals surface area contributed by atoms with Crippen molar-refractivity contribution in [1.29, 1.82) is 0 Å². The first kappa shape index (κ1) is 11.7. The molecule has 0 unspecified atom stereocenters. The second-order valence-electron chi connectivity index (χ2n) is 4.35. The lowest BCUT2D eigenvalue weighted by molar-refractivity contribution is 0.629. The van der Waals surface area contributed by atoms with Crippen LogP contribution >= 0.6 is 22.7 Å². The van der Waals surface area contributed by atoms with Gasteiger partial charge in [0.1, 0.15) is 11.6 Å². The van der Waals surface area contributed by atoms with E-state index in [1.165, 1.54) is 21.5 Å². The number of hydrogen-bond donors (Lipinski definition) is 1. The van der Waals surface area contributed by atoms with Crippen molar-refractivity contribution in [1.82, 2.24) is 9.97 Å². The standard InChI is InChI=1S/C14H8FN3S2/c15-7-1-2-8-9(5-7)17-14(18-13(8)16)12-6-11-10(20-12)3-4-19-11/h1-6H,(H2,16,17,18). The minimum atomic E-state index is -0.325. The smallest absolute Gasteiger partial charge is 0.172 e. The molecule has 0 aliphatic carbocycles. The Morgan fingerprint density at radius 3 is 2.80 bits per heavy atom. The molecular formula is C14H8FN3S2. The quantitative estimate of drug-likeness (QED) is 0.570. The predicted octanol–water partition coefficient (Wildman–Crippen LogP) is 4.29. The van der Waals surface area contributed by atoms with E-state index in [-0.39, 0.29) is 5.82 Å². The summed E-state index contributed by atoms with van der Waals surface area (Å²) in [6.45, 7) is 0. The molecule has 0 fully saturated rings. The lowest BCUT2D eigenvalue weighted by Gasteiger charge is -2.03. The SMILES string of the molecule is Nc1nc(-c2cc3sccc3s2)nc2cc(F)ccc12. The van der Waals surface area contributed by atoms with Gasteiger partial charge in [0, 0.05) is 20.9 Å². The third-order valence-corrected chi connectivity index (χ3v) is 5.14. The van der Waals surface area contributed by atoms with Crippen molar-refractivity contribution in [2.75, 3.05) is 5.73 Å². The Morgan fingerprint density at radius 1 is 1.05 bits per heavy atom. The number of hydrogen-bond acceptors (Lipinski definition) is 5. The first-order valence-electron chi connectivity index (χ1n) is 5.91. The van der Waals surface area contributed by atoms with Crippen LogP contribution in [0, 0.1) is 5.82 Å². The molecule has 98 valence electrons. The number of nitrogens with zero attached hydrogens (tertiary/aromatic N) is 2. The highest BCUT2D eigenvalue weighted by molar-refractivity contribution is 7.28. The van der Waals surface area contributed by atoms with Gasteiger partial charge in [-0.1, -0.05) is 0 Å². The summed E-state index contributed by atoms with van der Waals surface area (Å²) in [5, 5.41) is 2.73. The van der Waals surface area contributed by atoms with Gasteiger partial charge in [-0.25, -0.2) is 14.4 Å².